The van der Waals surface area contributed by atoms with E-state index in [0.717, 1.165) is 30.0 Å². The van der Waals surface area contributed by atoms with Crippen molar-refractivity contribution < 1.29 is 0 Å². The number of hydrogen-bond donors (Lipinski definition) is 1. The first kappa shape index (κ1) is 13.6. The quantitative estimate of drug-likeness (QED) is 0.830. The molecule has 0 spiro atoms. The third-order valence-electron chi connectivity index (χ3n) is 3.62. The van der Waals surface area contributed by atoms with Crippen LogP contribution in [0.3, 0.4) is 0 Å². The van der Waals surface area contributed by atoms with E-state index < -0.39 is 0 Å². The highest BCUT2D eigenvalue weighted by molar-refractivity contribution is 7.98. The van der Waals surface area contributed by atoms with Gasteiger partial charge in [-0.2, -0.15) is 0 Å². The maximum absolute atomic E-state index is 4.20. The summed E-state index contributed by atoms with van der Waals surface area (Å²) in [5.74, 6) is 2.84. The molecule has 1 aromatic heterocycles. The molecule has 0 amide bonds. The summed E-state index contributed by atoms with van der Waals surface area (Å²) < 4.78 is 2.05. The number of thioether (sulfide) groups is 1. The maximum atomic E-state index is 4.20. The van der Waals surface area contributed by atoms with Gasteiger partial charge in [-0.25, -0.2) is 0 Å². The van der Waals surface area contributed by atoms with Crippen molar-refractivity contribution in [3.63, 3.8) is 0 Å². The molecule has 1 heterocycles. The fraction of sp³-hybridized carbons (Fsp3) is 0.467. The number of nitrogens with one attached hydrogen (secondary N) is 1. The molecule has 1 N–H and O–H groups in total. The van der Waals surface area contributed by atoms with Crippen molar-refractivity contribution in [2.45, 2.75) is 43.0 Å². The highest BCUT2D eigenvalue weighted by Crippen LogP contribution is 2.24. The van der Waals surface area contributed by atoms with Crippen LogP contribution >= 0.6 is 11.8 Å². The van der Waals surface area contributed by atoms with Gasteiger partial charge in [0.1, 0.15) is 11.6 Å². The predicted octanol–water partition coefficient (Wildman–Crippen LogP) is 2.67. The fourth-order valence-corrected chi connectivity index (χ4v) is 2.98. The Morgan fingerprint density at radius 2 is 2.20 bits per heavy atom. The molecule has 1 saturated carbocycles. The van der Waals surface area contributed by atoms with Crippen molar-refractivity contribution in [3.05, 3.63) is 41.5 Å². The van der Waals surface area contributed by atoms with Gasteiger partial charge in [-0.15, -0.1) is 22.0 Å². The standard InChI is InChI=1S/C15H20N4S/c1-11-17-18-15(19(11)2)10-20-14-5-3-4-12(8-14)9-16-13-6-7-13/h3-5,8,13,16H,6-7,9-10H2,1-2H3. The summed E-state index contributed by atoms with van der Waals surface area (Å²) in [7, 11) is 2.02. The van der Waals surface area contributed by atoms with Crippen LogP contribution in [0, 0.1) is 6.92 Å². The van der Waals surface area contributed by atoms with Gasteiger partial charge in [0.05, 0.1) is 5.75 Å². The zero-order valence-corrected chi connectivity index (χ0v) is 12.8. The van der Waals surface area contributed by atoms with Gasteiger partial charge in [0.25, 0.3) is 0 Å². The van der Waals surface area contributed by atoms with Crippen LogP contribution in [-0.2, 0) is 19.3 Å². The molecule has 1 aliphatic carbocycles. The van der Waals surface area contributed by atoms with E-state index in [2.05, 4.69) is 39.8 Å². The molecular weight excluding hydrogens is 268 g/mol. The number of hydrogen-bond acceptors (Lipinski definition) is 4. The van der Waals surface area contributed by atoms with Gasteiger partial charge in [0.15, 0.2) is 0 Å². The summed E-state index contributed by atoms with van der Waals surface area (Å²) >= 11 is 1.81. The van der Waals surface area contributed by atoms with Crippen molar-refractivity contribution >= 4 is 11.8 Å². The van der Waals surface area contributed by atoms with Crippen molar-refractivity contribution in [3.8, 4) is 0 Å². The Balaban J connectivity index is 1.58. The second kappa shape index (κ2) is 5.97. The molecule has 106 valence electrons. The van der Waals surface area contributed by atoms with Gasteiger partial charge in [-0.05, 0) is 37.5 Å². The minimum atomic E-state index is 0.757. The van der Waals surface area contributed by atoms with Crippen LogP contribution in [0.2, 0.25) is 0 Å². The highest BCUT2D eigenvalue weighted by Gasteiger charge is 2.19. The van der Waals surface area contributed by atoms with E-state index in [9.17, 15) is 0 Å². The number of benzene rings is 1. The summed E-state index contributed by atoms with van der Waals surface area (Å²) in [5.41, 5.74) is 1.36. The normalized spacial score (nSPS) is 14.7. The van der Waals surface area contributed by atoms with Crippen LogP contribution in [0.15, 0.2) is 29.2 Å². The van der Waals surface area contributed by atoms with E-state index in [1.54, 1.807) is 0 Å². The Hall–Kier alpha value is -1.33. The van der Waals surface area contributed by atoms with E-state index >= 15 is 0 Å². The van der Waals surface area contributed by atoms with Gasteiger partial charge in [0, 0.05) is 24.5 Å². The van der Waals surface area contributed by atoms with Crippen molar-refractivity contribution in [2.24, 2.45) is 7.05 Å². The third kappa shape index (κ3) is 3.41. The molecule has 2 aromatic rings. The van der Waals surface area contributed by atoms with Crippen LogP contribution in [0.5, 0.6) is 0 Å². The molecule has 0 radical (unpaired) electrons. The summed E-state index contributed by atoms with van der Waals surface area (Å²) in [5, 5.41) is 11.8. The van der Waals surface area contributed by atoms with Crippen LogP contribution < -0.4 is 5.32 Å². The van der Waals surface area contributed by atoms with Crippen LogP contribution in [0.25, 0.3) is 0 Å². The average Bonchev–Trinajstić information content (AvgIpc) is 3.24. The molecule has 0 bridgehead atoms. The molecule has 0 saturated heterocycles. The molecule has 0 aliphatic heterocycles. The Morgan fingerprint density at radius 1 is 1.35 bits per heavy atom. The van der Waals surface area contributed by atoms with E-state index in [0.29, 0.717) is 0 Å². The second-order valence-corrected chi connectivity index (χ2v) is 6.36. The van der Waals surface area contributed by atoms with Crippen LogP contribution in [-0.4, -0.2) is 20.8 Å². The largest absolute Gasteiger partial charge is 0.318 e. The van der Waals surface area contributed by atoms with Gasteiger partial charge in [-0.3, -0.25) is 0 Å². The van der Waals surface area contributed by atoms with Crippen molar-refractivity contribution in [1.82, 2.24) is 20.1 Å². The lowest BCUT2D eigenvalue weighted by atomic mass is 10.2. The Morgan fingerprint density at radius 3 is 2.90 bits per heavy atom. The number of aromatic nitrogens is 3. The summed E-state index contributed by atoms with van der Waals surface area (Å²) in [6, 6.07) is 9.51. The Bertz CT molecular complexity index is 589. The molecule has 1 aliphatic rings. The first-order chi connectivity index (χ1) is 9.72. The second-order valence-electron chi connectivity index (χ2n) is 5.31. The van der Waals surface area contributed by atoms with Crippen molar-refractivity contribution in [2.75, 3.05) is 0 Å². The molecule has 0 atom stereocenters. The lowest BCUT2D eigenvalue weighted by Crippen LogP contribution is -2.15. The lowest BCUT2D eigenvalue weighted by Gasteiger charge is -2.06. The lowest BCUT2D eigenvalue weighted by molar-refractivity contribution is 0.687. The molecule has 3 rings (SSSR count). The topological polar surface area (TPSA) is 42.7 Å². The zero-order valence-electron chi connectivity index (χ0n) is 12.0. The average molecular weight is 288 g/mol. The van der Waals surface area contributed by atoms with Crippen LogP contribution in [0.1, 0.15) is 30.1 Å². The zero-order chi connectivity index (χ0) is 13.9. The summed E-state index contributed by atoms with van der Waals surface area (Å²) in [4.78, 5) is 1.29. The summed E-state index contributed by atoms with van der Waals surface area (Å²) in [6.45, 7) is 2.95. The number of rotatable bonds is 6. The van der Waals surface area contributed by atoms with Gasteiger partial charge in [-0.1, -0.05) is 12.1 Å². The van der Waals surface area contributed by atoms with E-state index in [-0.39, 0.29) is 0 Å². The molecule has 0 unspecified atom stereocenters. The predicted molar refractivity (Wildman–Crippen MR) is 81.6 cm³/mol. The number of aryl methyl sites for hydroxylation is 1. The SMILES string of the molecule is Cc1nnc(CSc2cccc(CNC3CC3)c2)n1C. The number of nitrogens with zero attached hydrogens (tertiary/aromatic N) is 3. The van der Waals surface area contributed by atoms with E-state index in [4.69, 9.17) is 0 Å². The van der Waals surface area contributed by atoms with Gasteiger partial charge in [0.2, 0.25) is 0 Å². The minimum absolute atomic E-state index is 0.757. The molecular formula is C15H20N4S. The Kier molecular flexibility index (Phi) is 4.08. The first-order valence-electron chi connectivity index (χ1n) is 7.02. The van der Waals surface area contributed by atoms with Crippen LogP contribution in [0.4, 0.5) is 0 Å². The van der Waals surface area contributed by atoms with E-state index in [1.807, 2.05) is 30.3 Å². The minimum Gasteiger partial charge on any atom is -0.318 e. The maximum Gasteiger partial charge on any atom is 0.143 e. The molecule has 1 fully saturated rings. The van der Waals surface area contributed by atoms with Gasteiger partial charge >= 0.3 is 0 Å². The Labute approximate surface area is 124 Å². The first-order valence-corrected chi connectivity index (χ1v) is 8.01. The highest BCUT2D eigenvalue weighted by atomic mass is 32.2. The molecule has 4 nitrogen and oxygen atoms in total. The molecule has 5 heteroatoms. The molecule has 1 aromatic carbocycles. The van der Waals surface area contributed by atoms with E-state index in [1.165, 1.54) is 23.3 Å². The van der Waals surface area contributed by atoms with Crippen molar-refractivity contribution in [1.29, 1.82) is 0 Å². The molecule has 20 heavy (non-hydrogen) atoms. The smallest absolute Gasteiger partial charge is 0.143 e. The fourth-order valence-electron chi connectivity index (χ4n) is 2.02. The van der Waals surface area contributed by atoms with Gasteiger partial charge < -0.3 is 9.88 Å². The third-order valence-corrected chi connectivity index (χ3v) is 4.61. The monoisotopic (exact) mass is 288 g/mol. The summed E-state index contributed by atoms with van der Waals surface area (Å²) in [6.07, 6.45) is 2.67.